The quantitative estimate of drug-likeness (QED) is 0.182. The SMILES string of the molecule is COC(=O)C(CNC(=O)CNC(=O)C(CCC1CCN(C(=O)O)CC1)CCC1CCN(C(=O)OC(C)(C)C)CC1)NS(=O)(=O)C1CCCCC1. The molecule has 3 fully saturated rings. The van der Waals surface area contributed by atoms with E-state index in [1.165, 1.54) is 4.90 Å². The predicted octanol–water partition coefficient (Wildman–Crippen LogP) is 3.23. The highest BCUT2D eigenvalue weighted by molar-refractivity contribution is 7.90. The monoisotopic (exact) mass is 729 g/mol. The molecule has 0 bridgehead atoms. The van der Waals surface area contributed by atoms with Gasteiger partial charge in [0.1, 0.15) is 11.6 Å². The lowest BCUT2D eigenvalue weighted by Crippen LogP contribution is -2.52. The largest absolute Gasteiger partial charge is 0.468 e. The van der Waals surface area contributed by atoms with Gasteiger partial charge in [0.15, 0.2) is 0 Å². The second-order valence-electron chi connectivity index (χ2n) is 15.0. The molecule has 0 spiro atoms. The number of hydrogen-bond donors (Lipinski definition) is 4. The molecule has 50 heavy (non-hydrogen) atoms. The smallest absolute Gasteiger partial charge is 0.410 e. The number of likely N-dealkylation sites (tertiary alicyclic amines) is 2. The first-order valence-corrected chi connectivity index (χ1v) is 19.7. The number of carbonyl (C=O) groups is 5. The van der Waals surface area contributed by atoms with Crippen molar-refractivity contribution in [3.8, 4) is 0 Å². The minimum atomic E-state index is -3.81. The van der Waals surface area contributed by atoms with Crippen LogP contribution in [0.2, 0.25) is 0 Å². The number of hydrogen-bond acceptors (Lipinski definition) is 9. The molecule has 1 saturated carbocycles. The maximum Gasteiger partial charge on any atom is 0.410 e. The molecule has 15 nitrogen and oxygen atoms in total. The van der Waals surface area contributed by atoms with E-state index in [9.17, 15) is 37.5 Å². The van der Waals surface area contributed by atoms with Crippen molar-refractivity contribution in [1.29, 1.82) is 0 Å². The van der Waals surface area contributed by atoms with E-state index in [0.717, 1.165) is 64.9 Å². The van der Waals surface area contributed by atoms with Gasteiger partial charge in [0.05, 0.1) is 18.9 Å². The predicted molar refractivity (Wildman–Crippen MR) is 186 cm³/mol. The third-order valence-electron chi connectivity index (χ3n) is 10.1. The highest BCUT2D eigenvalue weighted by Crippen LogP contribution is 2.30. The summed E-state index contributed by atoms with van der Waals surface area (Å²) in [6.45, 7) is 6.95. The Morgan fingerprint density at radius 2 is 1.36 bits per heavy atom. The van der Waals surface area contributed by atoms with Crippen LogP contribution in [0, 0.1) is 17.8 Å². The van der Waals surface area contributed by atoms with E-state index in [1.54, 1.807) is 4.90 Å². The summed E-state index contributed by atoms with van der Waals surface area (Å²) in [6.07, 6.45) is 8.15. The van der Waals surface area contributed by atoms with Gasteiger partial charge in [0.25, 0.3) is 0 Å². The fourth-order valence-electron chi connectivity index (χ4n) is 7.00. The van der Waals surface area contributed by atoms with E-state index >= 15 is 0 Å². The summed E-state index contributed by atoms with van der Waals surface area (Å²) in [4.78, 5) is 65.5. The molecule has 4 amide bonds. The van der Waals surface area contributed by atoms with Gasteiger partial charge in [-0.2, -0.15) is 4.72 Å². The third-order valence-corrected chi connectivity index (χ3v) is 12.0. The molecule has 3 rings (SSSR count). The van der Waals surface area contributed by atoms with Crippen LogP contribution in [0.25, 0.3) is 0 Å². The molecule has 0 radical (unpaired) electrons. The van der Waals surface area contributed by atoms with E-state index in [0.29, 0.717) is 63.7 Å². The molecule has 16 heteroatoms. The van der Waals surface area contributed by atoms with Gasteiger partial charge in [-0.25, -0.2) is 18.0 Å². The van der Waals surface area contributed by atoms with E-state index < -0.39 is 44.9 Å². The minimum absolute atomic E-state index is 0.267. The van der Waals surface area contributed by atoms with Crippen molar-refractivity contribution >= 4 is 40.0 Å². The Hall–Kier alpha value is -3.14. The standard InChI is InChI=1S/C34H59N5O10S/c1-34(2,3)49-33(45)39-20-16-25(17-21-39)11-13-26(12-10-24-14-18-38(19-15-24)32(43)44)30(41)36-23-29(40)35-22-28(31(42)48-4)37-50(46,47)27-8-6-5-7-9-27/h24-28,37H,5-23H2,1-4H3,(H,35,40)(H,36,41)(H,43,44). The lowest BCUT2D eigenvalue weighted by molar-refractivity contribution is -0.142. The van der Waals surface area contributed by atoms with Crippen molar-refractivity contribution in [3.63, 3.8) is 0 Å². The molecule has 286 valence electrons. The van der Waals surface area contributed by atoms with Gasteiger partial charge in [0.2, 0.25) is 21.8 Å². The van der Waals surface area contributed by atoms with Crippen LogP contribution in [-0.4, -0.2) is 117 Å². The molecule has 2 aliphatic heterocycles. The number of amides is 4. The second-order valence-corrected chi connectivity index (χ2v) is 17.0. The second kappa shape index (κ2) is 19.5. The number of nitrogens with one attached hydrogen (secondary N) is 3. The molecule has 2 unspecified atom stereocenters. The van der Waals surface area contributed by atoms with Crippen molar-refractivity contribution in [3.05, 3.63) is 0 Å². The van der Waals surface area contributed by atoms with Gasteiger partial charge < -0.3 is 35.0 Å². The van der Waals surface area contributed by atoms with Crippen molar-refractivity contribution in [2.75, 3.05) is 46.4 Å². The van der Waals surface area contributed by atoms with E-state index in [4.69, 9.17) is 9.47 Å². The highest BCUT2D eigenvalue weighted by atomic mass is 32.2. The summed E-state index contributed by atoms with van der Waals surface area (Å²) in [5, 5.41) is 14.0. The van der Waals surface area contributed by atoms with E-state index in [2.05, 4.69) is 15.4 Å². The van der Waals surface area contributed by atoms with E-state index in [-0.39, 0.29) is 31.0 Å². The zero-order valence-electron chi connectivity index (χ0n) is 30.2. The number of carboxylic acid groups (broad SMARTS) is 1. The Morgan fingerprint density at radius 1 is 0.820 bits per heavy atom. The molecule has 2 heterocycles. The summed E-state index contributed by atoms with van der Waals surface area (Å²) in [6, 6.07) is -1.30. The lowest BCUT2D eigenvalue weighted by Gasteiger charge is -2.34. The molecule has 0 aromatic heterocycles. The minimum Gasteiger partial charge on any atom is -0.468 e. The lowest BCUT2D eigenvalue weighted by atomic mass is 9.84. The molecule has 4 N–H and O–H groups in total. The highest BCUT2D eigenvalue weighted by Gasteiger charge is 2.33. The van der Waals surface area contributed by atoms with Crippen LogP contribution < -0.4 is 15.4 Å². The van der Waals surface area contributed by atoms with Gasteiger partial charge in [-0.1, -0.05) is 19.3 Å². The summed E-state index contributed by atoms with van der Waals surface area (Å²) in [5.74, 6) is -1.39. The Morgan fingerprint density at radius 3 is 1.86 bits per heavy atom. The van der Waals surface area contributed by atoms with Crippen LogP contribution in [0.4, 0.5) is 9.59 Å². The number of rotatable bonds is 15. The van der Waals surface area contributed by atoms with Gasteiger partial charge in [-0.3, -0.25) is 14.4 Å². The molecule has 0 aromatic rings. The molecule has 2 saturated heterocycles. The number of piperidine rings is 2. The third kappa shape index (κ3) is 13.9. The fraction of sp³-hybridized carbons (Fsp3) is 0.853. The first kappa shape index (κ1) is 41.3. The first-order valence-electron chi connectivity index (χ1n) is 18.2. The normalized spacial score (nSPS) is 19.7. The average molecular weight is 730 g/mol. The zero-order valence-corrected chi connectivity index (χ0v) is 31.1. The molecule has 2 atom stereocenters. The van der Waals surface area contributed by atoms with Crippen molar-refractivity contribution in [2.24, 2.45) is 17.8 Å². The summed E-state index contributed by atoms with van der Waals surface area (Å²) in [5.41, 5.74) is -0.565. The van der Waals surface area contributed by atoms with Gasteiger partial charge in [-0.15, -0.1) is 0 Å². The molecular formula is C34H59N5O10S. The van der Waals surface area contributed by atoms with Crippen LogP contribution in [0.3, 0.4) is 0 Å². The Kier molecular flexibility index (Phi) is 16.1. The molecule has 0 aromatic carbocycles. The van der Waals surface area contributed by atoms with E-state index in [1.807, 2.05) is 20.8 Å². The van der Waals surface area contributed by atoms with Crippen molar-refractivity contribution in [2.45, 2.75) is 121 Å². The van der Waals surface area contributed by atoms with Crippen LogP contribution in [0.5, 0.6) is 0 Å². The van der Waals surface area contributed by atoms with Crippen LogP contribution in [0.1, 0.15) is 104 Å². The summed E-state index contributed by atoms with van der Waals surface area (Å²) < 4.78 is 38.5. The Balaban J connectivity index is 1.52. The number of sulfonamides is 1. The number of ether oxygens (including phenoxy) is 2. The van der Waals surface area contributed by atoms with Crippen molar-refractivity contribution < 1.29 is 47.0 Å². The fourth-order valence-corrected chi connectivity index (χ4v) is 8.72. The van der Waals surface area contributed by atoms with Crippen LogP contribution >= 0.6 is 0 Å². The Bertz CT molecular complexity index is 1250. The van der Waals surface area contributed by atoms with Gasteiger partial charge in [-0.05, 0) is 96.8 Å². The van der Waals surface area contributed by atoms with Gasteiger partial charge >= 0.3 is 18.2 Å². The van der Waals surface area contributed by atoms with Crippen LogP contribution in [-0.2, 0) is 33.9 Å². The number of carbonyl (C=O) groups excluding carboxylic acids is 4. The van der Waals surface area contributed by atoms with Crippen LogP contribution in [0.15, 0.2) is 0 Å². The zero-order chi connectivity index (χ0) is 36.9. The summed E-state index contributed by atoms with van der Waals surface area (Å²) in [7, 11) is -2.66. The maximum atomic E-state index is 13.5. The summed E-state index contributed by atoms with van der Waals surface area (Å²) >= 11 is 0. The van der Waals surface area contributed by atoms with Gasteiger partial charge in [0, 0.05) is 38.6 Å². The average Bonchev–Trinajstić information content (AvgIpc) is 3.08. The molecular weight excluding hydrogens is 670 g/mol. The molecule has 1 aliphatic carbocycles. The number of methoxy groups -OCH3 is 1. The first-order chi connectivity index (χ1) is 23.6. The Labute approximate surface area is 297 Å². The maximum absolute atomic E-state index is 13.5. The number of nitrogens with zero attached hydrogens (tertiary/aromatic N) is 2. The molecule has 3 aliphatic rings. The number of esters is 1. The van der Waals surface area contributed by atoms with Crippen molar-refractivity contribution in [1.82, 2.24) is 25.2 Å². The topological polar surface area (TPSA) is 201 Å².